The summed E-state index contributed by atoms with van der Waals surface area (Å²) in [6, 6.07) is 10.1. The summed E-state index contributed by atoms with van der Waals surface area (Å²) in [5, 5.41) is 7.07. The van der Waals surface area contributed by atoms with Gasteiger partial charge in [0.15, 0.2) is 5.82 Å². The monoisotopic (exact) mass is 459 g/mol. The highest BCUT2D eigenvalue weighted by Gasteiger charge is 2.30. The number of ether oxygens (including phenoxy) is 1. The third kappa shape index (κ3) is 5.40. The fourth-order valence-corrected chi connectivity index (χ4v) is 3.70. The molecule has 1 N–H and O–H groups in total. The van der Waals surface area contributed by atoms with Crippen molar-refractivity contribution in [1.82, 2.24) is 25.0 Å². The summed E-state index contributed by atoms with van der Waals surface area (Å²) in [5.74, 6) is -0.109. The van der Waals surface area contributed by atoms with E-state index in [2.05, 4.69) is 26.4 Å². The molecule has 2 aromatic heterocycles. The number of pyridine rings is 1. The minimum absolute atomic E-state index is 0.204. The van der Waals surface area contributed by atoms with E-state index in [1.807, 2.05) is 18.2 Å². The molecular formula is C23H24F3N5O2. The van der Waals surface area contributed by atoms with Crippen molar-refractivity contribution in [1.29, 1.82) is 0 Å². The highest BCUT2D eigenvalue weighted by molar-refractivity contribution is 5.95. The number of morpholine rings is 1. The van der Waals surface area contributed by atoms with Gasteiger partial charge < -0.3 is 10.1 Å². The summed E-state index contributed by atoms with van der Waals surface area (Å²) in [6.45, 7) is 5.99. The van der Waals surface area contributed by atoms with E-state index >= 15 is 0 Å². The quantitative estimate of drug-likeness (QED) is 0.612. The first-order valence-corrected chi connectivity index (χ1v) is 10.6. The van der Waals surface area contributed by atoms with E-state index in [1.165, 1.54) is 16.9 Å². The van der Waals surface area contributed by atoms with Crippen LogP contribution in [-0.2, 0) is 24.0 Å². The SMILES string of the molecule is Cc1c(C(=O)NCc2ccccc2CN2CCOCC2)cnn1-c1ccc(C(F)(F)F)cn1. The van der Waals surface area contributed by atoms with E-state index in [4.69, 9.17) is 4.74 Å². The zero-order valence-corrected chi connectivity index (χ0v) is 18.1. The molecule has 1 saturated heterocycles. The van der Waals surface area contributed by atoms with E-state index < -0.39 is 11.7 Å². The molecule has 0 aliphatic carbocycles. The van der Waals surface area contributed by atoms with Gasteiger partial charge in [0.1, 0.15) is 0 Å². The molecule has 1 aliphatic heterocycles. The number of rotatable bonds is 6. The molecule has 0 radical (unpaired) electrons. The number of carbonyl (C=O) groups excluding carboxylic acids is 1. The Morgan fingerprint density at radius 1 is 1.09 bits per heavy atom. The average Bonchev–Trinajstić information content (AvgIpc) is 3.20. The fraction of sp³-hybridized carbons (Fsp3) is 0.348. The van der Waals surface area contributed by atoms with Gasteiger partial charge in [0.05, 0.1) is 36.2 Å². The molecule has 1 fully saturated rings. The molecule has 0 atom stereocenters. The van der Waals surface area contributed by atoms with Gasteiger partial charge in [-0.05, 0) is 30.2 Å². The normalized spacial score (nSPS) is 14.9. The van der Waals surface area contributed by atoms with Crippen LogP contribution in [0.4, 0.5) is 13.2 Å². The van der Waals surface area contributed by atoms with Gasteiger partial charge in [-0.25, -0.2) is 9.67 Å². The summed E-state index contributed by atoms with van der Waals surface area (Å²) in [7, 11) is 0. The number of hydrogen-bond donors (Lipinski definition) is 1. The second-order valence-electron chi connectivity index (χ2n) is 7.80. The van der Waals surface area contributed by atoms with Crippen LogP contribution in [0, 0.1) is 6.92 Å². The van der Waals surface area contributed by atoms with Gasteiger partial charge in [-0.2, -0.15) is 18.3 Å². The zero-order valence-electron chi connectivity index (χ0n) is 18.1. The lowest BCUT2D eigenvalue weighted by Crippen LogP contribution is -2.36. The van der Waals surface area contributed by atoms with Crippen LogP contribution in [0.3, 0.4) is 0 Å². The van der Waals surface area contributed by atoms with Gasteiger partial charge in [0.25, 0.3) is 5.91 Å². The fourth-order valence-electron chi connectivity index (χ4n) is 3.70. The number of aromatic nitrogens is 3. The maximum Gasteiger partial charge on any atom is 0.417 e. The maximum absolute atomic E-state index is 12.8. The average molecular weight is 459 g/mol. The highest BCUT2D eigenvalue weighted by atomic mass is 19.4. The number of carbonyl (C=O) groups is 1. The minimum atomic E-state index is -4.46. The van der Waals surface area contributed by atoms with Gasteiger partial charge in [-0.3, -0.25) is 9.69 Å². The van der Waals surface area contributed by atoms with Crippen molar-refractivity contribution in [2.45, 2.75) is 26.2 Å². The first kappa shape index (κ1) is 22.9. The van der Waals surface area contributed by atoms with E-state index in [0.29, 0.717) is 17.8 Å². The molecule has 0 bridgehead atoms. The number of alkyl halides is 3. The Balaban J connectivity index is 1.43. The van der Waals surface area contributed by atoms with Crippen molar-refractivity contribution >= 4 is 5.91 Å². The van der Waals surface area contributed by atoms with Crippen LogP contribution in [0.15, 0.2) is 48.8 Å². The van der Waals surface area contributed by atoms with Crippen LogP contribution in [0.25, 0.3) is 5.82 Å². The minimum Gasteiger partial charge on any atom is -0.379 e. The van der Waals surface area contributed by atoms with Crippen molar-refractivity contribution in [2.24, 2.45) is 0 Å². The third-order valence-electron chi connectivity index (χ3n) is 5.60. The van der Waals surface area contributed by atoms with Crippen molar-refractivity contribution in [3.8, 4) is 5.82 Å². The topological polar surface area (TPSA) is 72.3 Å². The number of amides is 1. The first-order valence-electron chi connectivity index (χ1n) is 10.6. The molecule has 1 aliphatic rings. The molecule has 0 saturated carbocycles. The molecule has 0 unspecified atom stereocenters. The predicted octanol–water partition coefficient (Wildman–Crippen LogP) is 3.36. The van der Waals surface area contributed by atoms with Crippen molar-refractivity contribution in [3.05, 3.63) is 76.7 Å². The van der Waals surface area contributed by atoms with Gasteiger partial charge in [-0.1, -0.05) is 24.3 Å². The van der Waals surface area contributed by atoms with E-state index in [0.717, 1.165) is 56.2 Å². The molecule has 10 heteroatoms. The molecule has 3 heterocycles. The number of nitrogens with one attached hydrogen (secondary N) is 1. The molecule has 1 aromatic carbocycles. The first-order chi connectivity index (χ1) is 15.8. The summed E-state index contributed by atoms with van der Waals surface area (Å²) < 4.78 is 45.1. The summed E-state index contributed by atoms with van der Waals surface area (Å²) in [6.07, 6.45) is -2.32. The lowest BCUT2D eigenvalue weighted by molar-refractivity contribution is -0.137. The van der Waals surface area contributed by atoms with Gasteiger partial charge in [0.2, 0.25) is 0 Å². The Morgan fingerprint density at radius 2 is 1.82 bits per heavy atom. The molecule has 174 valence electrons. The second-order valence-corrected chi connectivity index (χ2v) is 7.80. The molecule has 1 amide bonds. The summed E-state index contributed by atoms with van der Waals surface area (Å²) >= 11 is 0. The Kier molecular flexibility index (Phi) is 6.75. The van der Waals surface area contributed by atoms with Crippen LogP contribution in [-0.4, -0.2) is 51.9 Å². The van der Waals surface area contributed by atoms with Gasteiger partial charge in [-0.15, -0.1) is 0 Å². The predicted molar refractivity (Wildman–Crippen MR) is 115 cm³/mol. The summed E-state index contributed by atoms with van der Waals surface area (Å²) in [5.41, 5.74) is 2.14. The van der Waals surface area contributed by atoms with E-state index in [-0.39, 0.29) is 11.7 Å². The lowest BCUT2D eigenvalue weighted by atomic mass is 10.1. The number of nitrogens with zero attached hydrogens (tertiary/aromatic N) is 4. The van der Waals surface area contributed by atoms with Crippen LogP contribution >= 0.6 is 0 Å². The molecular weight excluding hydrogens is 435 g/mol. The third-order valence-corrected chi connectivity index (χ3v) is 5.60. The second kappa shape index (κ2) is 9.72. The van der Waals surface area contributed by atoms with E-state index in [1.54, 1.807) is 6.92 Å². The van der Waals surface area contributed by atoms with Crippen molar-refractivity contribution in [2.75, 3.05) is 26.3 Å². The molecule has 7 nitrogen and oxygen atoms in total. The lowest BCUT2D eigenvalue weighted by Gasteiger charge is -2.27. The Labute approximate surface area is 189 Å². The van der Waals surface area contributed by atoms with Gasteiger partial charge in [0, 0.05) is 32.4 Å². The number of benzene rings is 1. The molecule has 4 rings (SSSR count). The number of halogens is 3. The Hall–Kier alpha value is -3.24. The Bertz CT molecular complexity index is 1110. The Morgan fingerprint density at radius 3 is 2.48 bits per heavy atom. The van der Waals surface area contributed by atoms with Crippen LogP contribution in [0.1, 0.15) is 32.7 Å². The van der Waals surface area contributed by atoms with Crippen LogP contribution in [0.5, 0.6) is 0 Å². The summed E-state index contributed by atoms with van der Waals surface area (Å²) in [4.78, 5) is 19.0. The molecule has 33 heavy (non-hydrogen) atoms. The van der Waals surface area contributed by atoms with Crippen LogP contribution in [0.2, 0.25) is 0 Å². The molecule has 0 spiro atoms. The van der Waals surface area contributed by atoms with Gasteiger partial charge >= 0.3 is 6.18 Å². The standard InChI is InChI=1S/C23H24F3N5O2/c1-16-20(14-29-31(16)21-7-6-19(13-27-21)23(24,25)26)22(32)28-12-17-4-2-3-5-18(17)15-30-8-10-33-11-9-30/h2-7,13-14H,8-12,15H2,1H3,(H,28,32). The largest absolute Gasteiger partial charge is 0.417 e. The molecule has 3 aromatic rings. The highest BCUT2D eigenvalue weighted by Crippen LogP contribution is 2.28. The van der Waals surface area contributed by atoms with E-state index in [9.17, 15) is 18.0 Å². The van der Waals surface area contributed by atoms with Crippen LogP contribution < -0.4 is 5.32 Å². The maximum atomic E-state index is 12.8. The number of hydrogen-bond acceptors (Lipinski definition) is 5. The smallest absolute Gasteiger partial charge is 0.379 e. The zero-order chi connectivity index (χ0) is 23.4. The van der Waals surface area contributed by atoms with Crippen molar-refractivity contribution < 1.29 is 22.7 Å². The van der Waals surface area contributed by atoms with Crippen molar-refractivity contribution in [3.63, 3.8) is 0 Å².